The predicted molar refractivity (Wildman–Crippen MR) is 89.1 cm³/mol. The Hall–Kier alpha value is -2.90. The van der Waals surface area contributed by atoms with Crippen LogP contribution in [0, 0.1) is 19.7 Å². The van der Waals surface area contributed by atoms with E-state index in [1.54, 1.807) is 4.68 Å². The molecule has 1 aromatic carbocycles. The van der Waals surface area contributed by atoms with Gasteiger partial charge in [-0.05, 0) is 51.1 Å². The van der Waals surface area contributed by atoms with Crippen LogP contribution in [0.15, 0.2) is 30.3 Å². The molecule has 0 spiro atoms. The number of hydrazine groups is 1. The number of benzene rings is 1. The zero-order valence-electron chi connectivity index (χ0n) is 14.4. The Balaban J connectivity index is 1.73. The Bertz CT molecular complexity index is 743. The molecule has 1 heterocycles. The third kappa shape index (κ3) is 5.59. The van der Waals surface area contributed by atoms with Gasteiger partial charge in [0.25, 0.3) is 5.91 Å². The second-order valence-electron chi connectivity index (χ2n) is 5.65. The van der Waals surface area contributed by atoms with E-state index in [1.807, 2.05) is 19.9 Å². The van der Waals surface area contributed by atoms with Crippen LogP contribution in [-0.4, -0.2) is 27.7 Å². The summed E-state index contributed by atoms with van der Waals surface area (Å²) in [6.07, 6.45) is -0.670. The van der Waals surface area contributed by atoms with Gasteiger partial charge in [-0.25, -0.2) is 4.39 Å². The minimum absolute atomic E-state index is 0.176. The van der Waals surface area contributed by atoms with Gasteiger partial charge in [-0.3, -0.25) is 25.1 Å². The van der Waals surface area contributed by atoms with E-state index in [4.69, 9.17) is 4.74 Å². The number of ether oxygens (including phenoxy) is 1. The van der Waals surface area contributed by atoms with Gasteiger partial charge in [0.05, 0.1) is 12.2 Å². The van der Waals surface area contributed by atoms with Crippen molar-refractivity contribution in [2.24, 2.45) is 0 Å². The van der Waals surface area contributed by atoms with E-state index in [0.717, 1.165) is 11.4 Å². The number of nitrogens with zero attached hydrogens (tertiary/aromatic N) is 2. The molecule has 7 nitrogen and oxygen atoms in total. The normalized spacial score (nSPS) is 11.7. The molecule has 8 heteroatoms. The van der Waals surface area contributed by atoms with Crippen LogP contribution in [0.25, 0.3) is 0 Å². The number of aromatic nitrogens is 2. The maximum Gasteiger partial charge on any atom is 0.279 e. The Labute approximate surface area is 145 Å². The second-order valence-corrected chi connectivity index (χ2v) is 5.65. The van der Waals surface area contributed by atoms with Gasteiger partial charge in [-0.15, -0.1) is 0 Å². The molecule has 0 aliphatic carbocycles. The lowest BCUT2D eigenvalue weighted by molar-refractivity contribution is -0.132. The molecule has 0 radical (unpaired) electrons. The summed E-state index contributed by atoms with van der Waals surface area (Å²) in [5.74, 6) is -0.877. The minimum atomic E-state index is -0.846. The summed E-state index contributed by atoms with van der Waals surface area (Å²) in [6.45, 7) is 5.74. The topological polar surface area (TPSA) is 85.2 Å². The monoisotopic (exact) mass is 348 g/mol. The van der Waals surface area contributed by atoms with Crippen molar-refractivity contribution in [2.45, 2.75) is 39.8 Å². The molecule has 134 valence electrons. The first-order chi connectivity index (χ1) is 11.8. The Morgan fingerprint density at radius 1 is 1.24 bits per heavy atom. The van der Waals surface area contributed by atoms with Gasteiger partial charge < -0.3 is 4.74 Å². The number of nitrogens with one attached hydrogen (secondary N) is 2. The number of rotatable bonds is 6. The lowest BCUT2D eigenvalue weighted by atomic mass is 10.3. The highest BCUT2D eigenvalue weighted by Gasteiger charge is 2.15. The molecular weight excluding hydrogens is 327 g/mol. The van der Waals surface area contributed by atoms with E-state index in [2.05, 4.69) is 16.0 Å². The number of aryl methyl sites for hydroxylation is 3. The van der Waals surface area contributed by atoms with Gasteiger partial charge in [0.15, 0.2) is 6.10 Å². The molecular formula is C17H21FN4O3. The standard InChI is InChI=1S/C17H21FN4O3/c1-11-10-12(2)22(21-11)9-8-16(23)19-20-17(24)13(3)25-15-6-4-14(18)5-7-15/h4-7,10,13H,8-9H2,1-3H3,(H,19,23)(H,20,24). The number of hydrogen-bond acceptors (Lipinski definition) is 4. The highest BCUT2D eigenvalue weighted by atomic mass is 19.1. The molecule has 1 atom stereocenters. The summed E-state index contributed by atoms with van der Waals surface area (Å²) >= 11 is 0. The van der Waals surface area contributed by atoms with Crippen molar-refractivity contribution >= 4 is 11.8 Å². The maximum atomic E-state index is 12.8. The SMILES string of the molecule is Cc1cc(C)n(CCC(=O)NNC(=O)C(C)Oc2ccc(F)cc2)n1. The van der Waals surface area contributed by atoms with Gasteiger partial charge in [0.2, 0.25) is 5.91 Å². The van der Waals surface area contributed by atoms with Gasteiger partial charge >= 0.3 is 0 Å². The van der Waals surface area contributed by atoms with Crippen LogP contribution in [0.2, 0.25) is 0 Å². The first-order valence-corrected chi connectivity index (χ1v) is 7.87. The summed E-state index contributed by atoms with van der Waals surface area (Å²) in [7, 11) is 0. The van der Waals surface area contributed by atoms with E-state index in [1.165, 1.54) is 31.2 Å². The van der Waals surface area contributed by atoms with Crippen LogP contribution >= 0.6 is 0 Å². The third-order valence-electron chi connectivity index (χ3n) is 3.47. The molecule has 0 saturated carbocycles. The average Bonchev–Trinajstić information content (AvgIpc) is 2.90. The lowest BCUT2D eigenvalue weighted by Crippen LogP contribution is -2.47. The molecule has 0 fully saturated rings. The Kier molecular flexibility index (Phi) is 6.10. The molecule has 2 rings (SSSR count). The summed E-state index contributed by atoms with van der Waals surface area (Å²) < 4.78 is 19.9. The molecule has 2 N–H and O–H groups in total. The number of halogens is 1. The molecule has 25 heavy (non-hydrogen) atoms. The molecule has 0 saturated heterocycles. The molecule has 0 aliphatic rings. The zero-order chi connectivity index (χ0) is 18.4. The minimum Gasteiger partial charge on any atom is -0.481 e. The largest absolute Gasteiger partial charge is 0.481 e. The molecule has 1 aromatic heterocycles. The smallest absolute Gasteiger partial charge is 0.279 e. The fourth-order valence-corrected chi connectivity index (χ4v) is 2.18. The Morgan fingerprint density at radius 2 is 1.92 bits per heavy atom. The van der Waals surface area contributed by atoms with Gasteiger partial charge in [-0.1, -0.05) is 0 Å². The molecule has 1 unspecified atom stereocenters. The van der Waals surface area contributed by atoms with Crippen LogP contribution in [0.4, 0.5) is 4.39 Å². The lowest BCUT2D eigenvalue weighted by Gasteiger charge is -2.15. The van der Waals surface area contributed by atoms with Crippen LogP contribution in [-0.2, 0) is 16.1 Å². The summed E-state index contributed by atoms with van der Waals surface area (Å²) in [4.78, 5) is 23.7. The van der Waals surface area contributed by atoms with E-state index in [-0.39, 0.29) is 18.1 Å². The zero-order valence-corrected chi connectivity index (χ0v) is 14.4. The van der Waals surface area contributed by atoms with Gasteiger partial charge in [-0.2, -0.15) is 5.10 Å². The van der Waals surface area contributed by atoms with E-state index in [9.17, 15) is 14.0 Å². The Morgan fingerprint density at radius 3 is 2.52 bits per heavy atom. The van der Waals surface area contributed by atoms with Crippen molar-refractivity contribution in [3.8, 4) is 5.75 Å². The number of carbonyl (C=O) groups is 2. The van der Waals surface area contributed by atoms with Crippen LogP contribution < -0.4 is 15.6 Å². The summed E-state index contributed by atoms with van der Waals surface area (Å²) in [5, 5.41) is 4.26. The molecule has 0 aliphatic heterocycles. The highest BCUT2D eigenvalue weighted by Crippen LogP contribution is 2.12. The summed E-state index contributed by atoms with van der Waals surface area (Å²) in [5.41, 5.74) is 6.49. The first kappa shape index (κ1) is 18.4. The fraction of sp³-hybridized carbons (Fsp3) is 0.353. The third-order valence-corrected chi connectivity index (χ3v) is 3.47. The molecule has 2 aromatic rings. The average molecular weight is 348 g/mol. The predicted octanol–water partition coefficient (Wildman–Crippen LogP) is 1.64. The van der Waals surface area contributed by atoms with Crippen molar-refractivity contribution in [3.05, 3.63) is 47.5 Å². The fourth-order valence-electron chi connectivity index (χ4n) is 2.18. The quantitative estimate of drug-likeness (QED) is 0.777. The van der Waals surface area contributed by atoms with Crippen LogP contribution in [0.3, 0.4) is 0 Å². The number of amides is 2. The maximum absolute atomic E-state index is 12.8. The number of carbonyl (C=O) groups excluding carboxylic acids is 2. The highest BCUT2D eigenvalue weighted by molar-refractivity contribution is 5.84. The van der Waals surface area contributed by atoms with Crippen LogP contribution in [0.5, 0.6) is 5.75 Å². The van der Waals surface area contributed by atoms with E-state index >= 15 is 0 Å². The van der Waals surface area contributed by atoms with Crippen molar-refractivity contribution in [2.75, 3.05) is 0 Å². The van der Waals surface area contributed by atoms with Gasteiger partial charge in [0, 0.05) is 12.1 Å². The van der Waals surface area contributed by atoms with E-state index in [0.29, 0.717) is 12.3 Å². The summed E-state index contributed by atoms with van der Waals surface area (Å²) in [6, 6.07) is 7.24. The molecule has 2 amide bonds. The van der Waals surface area contributed by atoms with Crippen molar-refractivity contribution in [1.82, 2.24) is 20.6 Å². The van der Waals surface area contributed by atoms with Gasteiger partial charge in [0.1, 0.15) is 11.6 Å². The van der Waals surface area contributed by atoms with Crippen molar-refractivity contribution in [3.63, 3.8) is 0 Å². The van der Waals surface area contributed by atoms with Crippen molar-refractivity contribution < 1.29 is 18.7 Å². The van der Waals surface area contributed by atoms with Crippen molar-refractivity contribution in [1.29, 1.82) is 0 Å². The number of hydrogen-bond donors (Lipinski definition) is 2. The van der Waals surface area contributed by atoms with Crippen LogP contribution in [0.1, 0.15) is 24.7 Å². The first-order valence-electron chi connectivity index (χ1n) is 7.87. The van der Waals surface area contributed by atoms with E-state index < -0.39 is 12.0 Å². The molecule has 0 bridgehead atoms. The second kappa shape index (κ2) is 8.27.